The quantitative estimate of drug-likeness (QED) is 0.845. The van der Waals surface area contributed by atoms with Gasteiger partial charge >= 0.3 is 0 Å². The van der Waals surface area contributed by atoms with E-state index in [1.54, 1.807) is 7.11 Å². The molecule has 0 saturated carbocycles. The Morgan fingerprint density at radius 1 is 1.23 bits per heavy atom. The van der Waals surface area contributed by atoms with Crippen LogP contribution in [0.3, 0.4) is 0 Å². The second-order valence-corrected chi connectivity index (χ2v) is 6.05. The van der Waals surface area contributed by atoms with Crippen LogP contribution in [0.25, 0.3) is 0 Å². The Bertz CT molecular complexity index is 489. The summed E-state index contributed by atoms with van der Waals surface area (Å²) in [6.07, 6.45) is 1.17. The molecule has 0 unspecified atom stereocenters. The molecule has 1 aromatic carbocycles. The van der Waals surface area contributed by atoms with Crippen molar-refractivity contribution in [2.45, 2.75) is 6.42 Å². The van der Waals surface area contributed by atoms with Gasteiger partial charge in [0.1, 0.15) is 5.75 Å². The Labute approximate surface area is 131 Å². The summed E-state index contributed by atoms with van der Waals surface area (Å²) in [5.41, 5.74) is 0.735. The molecule has 1 aromatic rings. The van der Waals surface area contributed by atoms with Gasteiger partial charge in [-0.15, -0.1) is 0 Å². The van der Waals surface area contributed by atoms with Crippen LogP contribution in [-0.4, -0.2) is 68.8 Å². The summed E-state index contributed by atoms with van der Waals surface area (Å²) in [6, 6.07) is 7.35. The van der Waals surface area contributed by atoms with Crippen LogP contribution in [0.15, 0.2) is 24.3 Å². The van der Waals surface area contributed by atoms with E-state index in [4.69, 9.17) is 9.47 Å². The SMILES string of the molecule is COc1ccc(C(=O)N2CCN(C[C@@H]3CCOC3)CC2)cc1. The fraction of sp³-hybridized carbons (Fsp3) is 0.588. The number of carbonyl (C=O) groups is 1. The number of amides is 1. The first-order chi connectivity index (χ1) is 10.8. The number of nitrogens with zero attached hydrogens (tertiary/aromatic N) is 2. The molecular formula is C17H24N2O3. The zero-order valence-corrected chi connectivity index (χ0v) is 13.2. The third-order valence-corrected chi connectivity index (χ3v) is 4.54. The van der Waals surface area contributed by atoms with Crippen molar-refractivity contribution in [1.29, 1.82) is 0 Å². The summed E-state index contributed by atoms with van der Waals surface area (Å²) in [5, 5.41) is 0. The van der Waals surface area contributed by atoms with Crippen LogP contribution in [0.4, 0.5) is 0 Å². The molecule has 0 N–H and O–H groups in total. The van der Waals surface area contributed by atoms with Gasteiger partial charge in [0.2, 0.25) is 0 Å². The molecule has 120 valence electrons. The van der Waals surface area contributed by atoms with E-state index in [0.29, 0.717) is 5.92 Å². The smallest absolute Gasteiger partial charge is 0.253 e. The number of carbonyl (C=O) groups excluding carboxylic acids is 1. The van der Waals surface area contributed by atoms with Crippen molar-refractivity contribution in [1.82, 2.24) is 9.80 Å². The number of hydrogen-bond acceptors (Lipinski definition) is 4. The summed E-state index contributed by atoms with van der Waals surface area (Å²) in [7, 11) is 1.63. The zero-order valence-electron chi connectivity index (χ0n) is 13.2. The average molecular weight is 304 g/mol. The van der Waals surface area contributed by atoms with Gasteiger partial charge in [-0.25, -0.2) is 0 Å². The third kappa shape index (κ3) is 3.59. The molecule has 0 spiro atoms. The summed E-state index contributed by atoms with van der Waals surface area (Å²) >= 11 is 0. The Hall–Kier alpha value is -1.59. The molecule has 5 nitrogen and oxygen atoms in total. The lowest BCUT2D eigenvalue weighted by Crippen LogP contribution is -2.49. The predicted molar refractivity (Wildman–Crippen MR) is 84.3 cm³/mol. The van der Waals surface area contributed by atoms with Gasteiger partial charge in [0.25, 0.3) is 5.91 Å². The maximum absolute atomic E-state index is 12.5. The zero-order chi connectivity index (χ0) is 15.4. The Balaban J connectivity index is 1.50. The Morgan fingerprint density at radius 2 is 1.95 bits per heavy atom. The molecule has 0 aromatic heterocycles. The van der Waals surface area contributed by atoms with E-state index in [-0.39, 0.29) is 5.91 Å². The first kappa shape index (κ1) is 15.3. The lowest BCUT2D eigenvalue weighted by atomic mass is 10.1. The first-order valence-electron chi connectivity index (χ1n) is 7.99. The minimum absolute atomic E-state index is 0.117. The van der Waals surface area contributed by atoms with Crippen LogP contribution in [0.1, 0.15) is 16.8 Å². The van der Waals surface area contributed by atoms with E-state index in [0.717, 1.165) is 57.3 Å². The highest BCUT2D eigenvalue weighted by Crippen LogP contribution is 2.17. The van der Waals surface area contributed by atoms with Crippen LogP contribution < -0.4 is 4.74 Å². The maximum atomic E-state index is 12.5. The van der Waals surface area contributed by atoms with E-state index in [1.165, 1.54) is 6.42 Å². The molecule has 0 aliphatic carbocycles. The second kappa shape index (κ2) is 7.11. The molecule has 2 saturated heterocycles. The monoisotopic (exact) mass is 304 g/mol. The topological polar surface area (TPSA) is 42.0 Å². The lowest BCUT2D eigenvalue weighted by molar-refractivity contribution is 0.0611. The standard InChI is InChI=1S/C17H24N2O3/c1-21-16-4-2-15(3-5-16)17(20)19-9-7-18(8-10-19)12-14-6-11-22-13-14/h2-5,14H,6-13H2,1H3/t14-/m0/s1. The molecule has 2 aliphatic rings. The Kier molecular flexibility index (Phi) is 4.95. The van der Waals surface area contributed by atoms with E-state index < -0.39 is 0 Å². The summed E-state index contributed by atoms with van der Waals surface area (Å²) in [5.74, 6) is 1.57. The lowest BCUT2D eigenvalue weighted by Gasteiger charge is -2.35. The van der Waals surface area contributed by atoms with Crippen molar-refractivity contribution in [3.05, 3.63) is 29.8 Å². The van der Waals surface area contributed by atoms with Gasteiger partial charge in [-0.3, -0.25) is 9.69 Å². The van der Waals surface area contributed by atoms with Crippen LogP contribution in [0, 0.1) is 5.92 Å². The van der Waals surface area contributed by atoms with Gasteiger partial charge in [-0.2, -0.15) is 0 Å². The van der Waals surface area contributed by atoms with E-state index in [9.17, 15) is 4.79 Å². The molecule has 1 atom stereocenters. The van der Waals surface area contributed by atoms with Crippen molar-refractivity contribution in [2.24, 2.45) is 5.92 Å². The molecule has 0 radical (unpaired) electrons. The minimum Gasteiger partial charge on any atom is -0.497 e. The third-order valence-electron chi connectivity index (χ3n) is 4.54. The van der Waals surface area contributed by atoms with Gasteiger partial charge in [-0.1, -0.05) is 0 Å². The van der Waals surface area contributed by atoms with E-state index in [1.807, 2.05) is 29.2 Å². The normalized spacial score (nSPS) is 22.8. The van der Waals surface area contributed by atoms with E-state index >= 15 is 0 Å². The van der Waals surface area contributed by atoms with Gasteiger partial charge in [0.05, 0.1) is 13.7 Å². The number of piperazine rings is 1. The highest BCUT2D eigenvalue weighted by Gasteiger charge is 2.25. The number of rotatable bonds is 4. The maximum Gasteiger partial charge on any atom is 0.253 e. The fourth-order valence-electron chi connectivity index (χ4n) is 3.14. The van der Waals surface area contributed by atoms with Crippen molar-refractivity contribution in [2.75, 3.05) is 53.0 Å². The molecule has 2 fully saturated rings. The highest BCUT2D eigenvalue weighted by molar-refractivity contribution is 5.94. The number of hydrogen-bond donors (Lipinski definition) is 0. The fourth-order valence-corrected chi connectivity index (χ4v) is 3.14. The summed E-state index contributed by atoms with van der Waals surface area (Å²) in [4.78, 5) is 16.9. The van der Waals surface area contributed by atoms with Crippen molar-refractivity contribution in [3.63, 3.8) is 0 Å². The van der Waals surface area contributed by atoms with E-state index in [2.05, 4.69) is 4.90 Å². The van der Waals surface area contributed by atoms with Crippen molar-refractivity contribution >= 4 is 5.91 Å². The summed E-state index contributed by atoms with van der Waals surface area (Å²) < 4.78 is 10.6. The number of benzene rings is 1. The van der Waals surface area contributed by atoms with Crippen LogP contribution in [0.2, 0.25) is 0 Å². The minimum atomic E-state index is 0.117. The molecule has 0 bridgehead atoms. The van der Waals surface area contributed by atoms with Crippen LogP contribution in [0.5, 0.6) is 5.75 Å². The first-order valence-corrected chi connectivity index (χ1v) is 7.99. The largest absolute Gasteiger partial charge is 0.497 e. The van der Waals surface area contributed by atoms with Crippen molar-refractivity contribution < 1.29 is 14.3 Å². The van der Waals surface area contributed by atoms with Crippen molar-refractivity contribution in [3.8, 4) is 5.75 Å². The Morgan fingerprint density at radius 3 is 2.55 bits per heavy atom. The molecule has 1 amide bonds. The second-order valence-electron chi connectivity index (χ2n) is 6.05. The molecule has 3 rings (SSSR count). The number of methoxy groups -OCH3 is 1. The average Bonchev–Trinajstić information content (AvgIpc) is 3.08. The van der Waals surface area contributed by atoms with Gasteiger partial charge in [-0.05, 0) is 36.6 Å². The van der Waals surface area contributed by atoms with Crippen LogP contribution in [-0.2, 0) is 4.74 Å². The number of ether oxygens (including phenoxy) is 2. The molecular weight excluding hydrogens is 280 g/mol. The molecule has 2 aliphatic heterocycles. The van der Waals surface area contributed by atoms with Gasteiger partial charge in [0, 0.05) is 44.9 Å². The summed E-state index contributed by atoms with van der Waals surface area (Å²) in [6.45, 7) is 6.42. The molecule has 2 heterocycles. The molecule has 5 heteroatoms. The highest BCUT2D eigenvalue weighted by atomic mass is 16.5. The van der Waals surface area contributed by atoms with Crippen LogP contribution >= 0.6 is 0 Å². The van der Waals surface area contributed by atoms with Gasteiger partial charge in [0.15, 0.2) is 0 Å². The molecule has 22 heavy (non-hydrogen) atoms. The predicted octanol–water partition coefficient (Wildman–Crippen LogP) is 1.49. The van der Waals surface area contributed by atoms with Gasteiger partial charge < -0.3 is 14.4 Å².